The van der Waals surface area contributed by atoms with E-state index in [2.05, 4.69) is 153 Å². The summed E-state index contributed by atoms with van der Waals surface area (Å²) >= 11 is -0.0155. The Hall–Kier alpha value is -3.11. The Morgan fingerprint density at radius 3 is 1.44 bits per heavy atom. The number of aryl methyl sites for hydroxylation is 1. The molecular formula is C41H46BI. The van der Waals surface area contributed by atoms with Gasteiger partial charge in [0.1, 0.15) is 0 Å². The van der Waals surface area contributed by atoms with E-state index in [9.17, 15) is 0 Å². The first-order valence-corrected chi connectivity index (χ1v) is 18.5. The Morgan fingerprint density at radius 1 is 0.558 bits per heavy atom. The monoisotopic (exact) mass is 676 g/mol. The number of unbranched alkanes of at least 4 members (excludes halogenated alkanes) is 1. The van der Waals surface area contributed by atoms with Crippen molar-refractivity contribution in [2.24, 2.45) is 0 Å². The minimum atomic E-state index is -0.913. The lowest BCUT2D eigenvalue weighted by Crippen LogP contribution is -3.61. The van der Waals surface area contributed by atoms with Crippen LogP contribution >= 0.6 is 0 Å². The van der Waals surface area contributed by atoms with Crippen molar-refractivity contribution >= 4 is 22.5 Å². The van der Waals surface area contributed by atoms with Crippen LogP contribution in [0.1, 0.15) is 68.9 Å². The minimum Gasteiger partial charge on any atom is -0.200 e. The van der Waals surface area contributed by atoms with Crippen molar-refractivity contribution in [3.8, 4) is 0 Å². The summed E-state index contributed by atoms with van der Waals surface area (Å²) in [6.07, 6.45) is 9.80. The predicted molar refractivity (Wildman–Crippen MR) is 185 cm³/mol. The van der Waals surface area contributed by atoms with Gasteiger partial charge in [-0.1, -0.05) is 160 Å². The molecule has 6 rings (SSSR count). The molecule has 0 N–H and O–H groups in total. The molecule has 0 heterocycles. The van der Waals surface area contributed by atoms with Crippen LogP contribution in [0.5, 0.6) is 0 Å². The molecule has 1 aliphatic carbocycles. The molecule has 0 aliphatic heterocycles. The van der Waals surface area contributed by atoms with E-state index < -0.39 is 6.15 Å². The van der Waals surface area contributed by atoms with Crippen LogP contribution < -0.4 is 37.6 Å². The van der Waals surface area contributed by atoms with Crippen molar-refractivity contribution in [1.29, 1.82) is 0 Å². The van der Waals surface area contributed by atoms with Gasteiger partial charge < -0.3 is 0 Å². The van der Waals surface area contributed by atoms with Crippen LogP contribution in [-0.4, -0.2) is 6.15 Å². The molecule has 0 atom stereocenters. The van der Waals surface area contributed by atoms with Crippen LogP contribution in [0.25, 0.3) is 0 Å². The molecule has 0 bridgehead atoms. The molecule has 1 saturated carbocycles. The summed E-state index contributed by atoms with van der Waals surface area (Å²) < 4.78 is 3.05. The molecule has 2 heteroatoms. The van der Waals surface area contributed by atoms with Crippen LogP contribution in [0, 0.1) is 14.1 Å². The van der Waals surface area contributed by atoms with E-state index in [0.29, 0.717) is 0 Å². The molecule has 0 aromatic heterocycles. The molecule has 0 spiro atoms. The number of halogens is 1. The third-order valence-corrected chi connectivity index (χ3v) is 12.0. The van der Waals surface area contributed by atoms with Gasteiger partial charge in [-0.2, -0.15) is 22.7 Å². The molecular weight excluding hydrogens is 630 g/mol. The molecule has 0 radical (unpaired) electrons. The molecule has 0 unspecified atom stereocenters. The van der Waals surface area contributed by atoms with Gasteiger partial charge in [0.15, 0.2) is 7.14 Å². The molecule has 5 aromatic carbocycles. The van der Waals surface area contributed by atoms with Gasteiger partial charge in [0, 0.05) is 0 Å². The van der Waals surface area contributed by atoms with Crippen LogP contribution in [0.3, 0.4) is 0 Å². The first-order chi connectivity index (χ1) is 21.2. The van der Waals surface area contributed by atoms with E-state index in [1.54, 1.807) is 5.56 Å². The van der Waals surface area contributed by atoms with E-state index in [1.807, 2.05) is 0 Å². The fraction of sp³-hybridized carbons (Fsp3) is 0.268. The molecule has 0 amide bonds. The van der Waals surface area contributed by atoms with E-state index in [-0.39, 0.29) is 21.2 Å². The van der Waals surface area contributed by atoms with E-state index in [0.717, 1.165) is 5.92 Å². The number of benzene rings is 5. The normalized spacial score (nSPS) is 13.6. The SMILES string of the molecule is CCCC[B-](c1ccccc1)(c1ccccc1)c1ccccc1.Cc1ccc([I+]c2ccc(C3CCCCC3)cc2)cc1. The zero-order chi connectivity index (χ0) is 29.7. The molecule has 1 fully saturated rings. The van der Waals surface area contributed by atoms with Gasteiger partial charge in [-0.05, 0) is 55.5 Å². The molecule has 5 aromatic rings. The Labute approximate surface area is 271 Å². The first-order valence-electron chi connectivity index (χ1n) is 16.3. The van der Waals surface area contributed by atoms with Gasteiger partial charge >= 0.3 is 21.2 Å². The zero-order valence-corrected chi connectivity index (χ0v) is 28.1. The fourth-order valence-corrected chi connectivity index (χ4v) is 9.05. The van der Waals surface area contributed by atoms with Crippen molar-refractivity contribution in [3.05, 3.63) is 158 Å². The van der Waals surface area contributed by atoms with Crippen molar-refractivity contribution in [3.63, 3.8) is 0 Å². The lowest BCUT2D eigenvalue weighted by atomic mass is 9.14. The van der Waals surface area contributed by atoms with E-state index in [4.69, 9.17) is 0 Å². The maximum atomic E-state index is 2.39. The standard InChI is InChI=1S/C22H24B.C19H22I/c1-2-3-19-23(20-13-7-4-8-14-20,21-15-9-5-10-16-21)22-17-11-6-12-18-22;1-15-7-11-18(12-8-15)20-19-13-9-17(10-14-19)16-5-3-2-4-6-16/h4-18H,2-3,19H2,1H3;7-14,16H,2-6H2,1H3/q-1;+1. The summed E-state index contributed by atoms with van der Waals surface area (Å²) in [5.74, 6) is 0.829. The Kier molecular flexibility index (Phi) is 11.7. The maximum absolute atomic E-state index is 2.39. The number of hydrogen-bond acceptors (Lipinski definition) is 0. The van der Waals surface area contributed by atoms with Crippen LogP contribution in [0.2, 0.25) is 6.32 Å². The van der Waals surface area contributed by atoms with Crippen molar-refractivity contribution in [2.75, 3.05) is 0 Å². The topological polar surface area (TPSA) is 0 Å². The van der Waals surface area contributed by atoms with Gasteiger partial charge in [-0.3, -0.25) is 0 Å². The van der Waals surface area contributed by atoms with Gasteiger partial charge in [-0.25, -0.2) is 0 Å². The molecule has 0 saturated heterocycles. The maximum Gasteiger partial charge on any atom is 0.357 e. The highest BCUT2D eigenvalue weighted by atomic mass is 127. The summed E-state index contributed by atoms with van der Waals surface area (Å²) in [5.41, 5.74) is 7.25. The molecule has 43 heavy (non-hydrogen) atoms. The van der Waals surface area contributed by atoms with E-state index >= 15 is 0 Å². The lowest BCUT2D eigenvalue weighted by molar-refractivity contribution is -0.597. The summed E-state index contributed by atoms with van der Waals surface area (Å²) in [6, 6.07) is 51.7. The van der Waals surface area contributed by atoms with E-state index in [1.165, 1.54) is 80.4 Å². The van der Waals surface area contributed by atoms with Crippen molar-refractivity contribution in [2.45, 2.75) is 71.0 Å². The number of hydrogen-bond donors (Lipinski definition) is 0. The van der Waals surface area contributed by atoms with Crippen molar-refractivity contribution in [1.82, 2.24) is 0 Å². The second-order valence-electron chi connectivity index (χ2n) is 12.2. The summed E-state index contributed by atoms with van der Waals surface area (Å²) in [5, 5.41) is 0. The molecule has 1 aliphatic rings. The smallest absolute Gasteiger partial charge is 0.200 e. The summed E-state index contributed by atoms with van der Waals surface area (Å²) in [7, 11) is 0. The van der Waals surface area contributed by atoms with Crippen LogP contribution in [0.15, 0.2) is 140 Å². The van der Waals surface area contributed by atoms with Gasteiger partial charge in [0.25, 0.3) is 0 Å². The highest BCUT2D eigenvalue weighted by molar-refractivity contribution is 7.11. The zero-order valence-electron chi connectivity index (χ0n) is 26.0. The molecule has 220 valence electrons. The van der Waals surface area contributed by atoms with Gasteiger partial charge in [0.05, 0.1) is 6.15 Å². The minimum absolute atomic E-state index is 0.0155. The second-order valence-corrected chi connectivity index (χ2v) is 15.2. The lowest BCUT2D eigenvalue weighted by Gasteiger charge is -2.43. The summed E-state index contributed by atoms with van der Waals surface area (Å²) in [6.45, 7) is 4.43. The second kappa shape index (κ2) is 16.1. The average molecular weight is 677 g/mol. The third-order valence-electron chi connectivity index (χ3n) is 9.27. The largest absolute Gasteiger partial charge is 0.357 e. The highest BCUT2D eigenvalue weighted by Crippen LogP contribution is 2.32. The number of rotatable bonds is 9. The molecule has 0 nitrogen and oxygen atoms in total. The third kappa shape index (κ3) is 8.29. The highest BCUT2D eigenvalue weighted by Gasteiger charge is 2.28. The van der Waals surface area contributed by atoms with Crippen LogP contribution in [0.4, 0.5) is 0 Å². The average Bonchev–Trinajstić information content (AvgIpc) is 3.09. The van der Waals surface area contributed by atoms with Gasteiger partial charge in [-0.15, -0.1) is 0 Å². The summed E-state index contributed by atoms with van der Waals surface area (Å²) in [4.78, 5) is 0. The Morgan fingerprint density at radius 2 is 1.00 bits per heavy atom. The Balaban J connectivity index is 0.000000173. The fourth-order valence-electron chi connectivity index (χ4n) is 6.89. The Bertz CT molecular complexity index is 1380. The van der Waals surface area contributed by atoms with Crippen molar-refractivity contribution < 1.29 is 21.2 Å². The van der Waals surface area contributed by atoms with Crippen LogP contribution in [-0.2, 0) is 0 Å². The first kappa shape index (κ1) is 31.3. The quantitative estimate of drug-likeness (QED) is 0.130. The van der Waals surface area contributed by atoms with Gasteiger partial charge in [0.2, 0.25) is 0 Å². The predicted octanol–water partition coefficient (Wildman–Crippen LogP) is 6.13.